The molecule has 110 valence electrons. The number of alkyl halides is 3. The number of aliphatic hydroxyl groups excluding tert-OH is 1. The monoisotopic (exact) mass is 301 g/mol. The molecule has 0 aliphatic carbocycles. The minimum atomic E-state index is -4.47. The summed E-state index contributed by atoms with van der Waals surface area (Å²) >= 11 is 0. The summed E-state index contributed by atoms with van der Waals surface area (Å²) in [5.41, 5.74) is 0.0139. The van der Waals surface area contributed by atoms with E-state index >= 15 is 0 Å². The van der Waals surface area contributed by atoms with E-state index in [-0.39, 0.29) is 16.3 Å². The maximum Gasteiger partial charge on any atom is 0.390 e. The van der Waals surface area contributed by atoms with Crippen molar-refractivity contribution in [1.82, 2.24) is 14.9 Å². The summed E-state index contributed by atoms with van der Waals surface area (Å²) in [7, 11) is -4.17. The standard InChI is InChI=1S/C9H14F3N3O3S/c1-5(3-9(10,11)12)15-19(17,18)8-6(2)13-14-7(8)4-16/h5,15-16H,3-4H2,1-2H3,(H,13,14). The fourth-order valence-corrected chi connectivity index (χ4v) is 3.25. The Morgan fingerprint density at radius 1 is 1.47 bits per heavy atom. The molecule has 0 amide bonds. The molecule has 0 saturated carbocycles. The van der Waals surface area contributed by atoms with Gasteiger partial charge in [-0.2, -0.15) is 18.3 Å². The summed E-state index contributed by atoms with van der Waals surface area (Å²) in [5.74, 6) is 0. The molecule has 1 unspecified atom stereocenters. The van der Waals surface area contributed by atoms with Crippen LogP contribution in [0, 0.1) is 6.92 Å². The highest BCUT2D eigenvalue weighted by atomic mass is 32.2. The Balaban J connectivity index is 2.96. The van der Waals surface area contributed by atoms with Crippen LogP contribution < -0.4 is 4.72 Å². The first-order valence-electron chi connectivity index (χ1n) is 5.30. The lowest BCUT2D eigenvalue weighted by Crippen LogP contribution is -2.36. The van der Waals surface area contributed by atoms with Gasteiger partial charge in [-0.05, 0) is 13.8 Å². The number of nitrogens with one attached hydrogen (secondary N) is 2. The van der Waals surface area contributed by atoms with E-state index in [2.05, 4.69) is 10.2 Å². The predicted octanol–water partition coefficient (Wildman–Crippen LogP) is 0.830. The molecule has 1 aromatic rings. The van der Waals surface area contributed by atoms with Gasteiger partial charge in [0.25, 0.3) is 0 Å². The lowest BCUT2D eigenvalue weighted by atomic mass is 10.2. The van der Waals surface area contributed by atoms with E-state index in [1.54, 1.807) is 0 Å². The van der Waals surface area contributed by atoms with Crippen molar-refractivity contribution in [3.05, 3.63) is 11.4 Å². The van der Waals surface area contributed by atoms with E-state index in [9.17, 15) is 21.6 Å². The van der Waals surface area contributed by atoms with Crippen LogP contribution in [0.25, 0.3) is 0 Å². The van der Waals surface area contributed by atoms with Gasteiger partial charge in [-0.1, -0.05) is 0 Å². The predicted molar refractivity (Wildman–Crippen MR) is 59.7 cm³/mol. The normalized spacial score (nSPS) is 14.6. The van der Waals surface area contributed by atoms with Gasteiger partial charge in [0.2, 0.25) is 10.0 Å². The van der Waals surface area contributed by atoms with Gasteiger partial charge in [0, 0.05) is 6.04 Å². The summed E-state index contributed by atoms with van der Waals surface area (Å²) < 4.78 is 62.3. The molecule has 19 heavy (non-hydrogen) atoms. The summed E-state index contributed by atoms with van der Waals surface area (Å²) in [4.78, 5) is -0.316. The van der Waals surface area contributed by atoms with Crippen molar-refractivity contribution < 1.29 is 26.7 Å². The SMILES string of the molecule is Cc1[nH]nc(CO)c1S(=O)(=O)NC(C)CC(F)(F)F. The van der Waals surface area contributed by atoms with E-state index in [0.717, 1.165) is 6.92 Å². The zero-order chi connectivity index (χ0) is 14.8. The fourth-order valence-electron chi connectivity index (χ4n) is 1.65. The van der Waals surface area contributed by atoms with Crippen molar-refractivity contribution >= 4 is 10.0 Å². The molecule has 1 atom stereocenters. The van der Waals surface area contributed by atoms with Gasteiger partial charge in [-0.25, -0.2) is 13.1 Å². The first kappa shape index (κ1) is 15.9. The van der Waals surface area contributed by atoms with Gasteiger partial charge in [0.15, 0.2) is 0 Å². The first-order valence-corrected chi connectivity index (χ1v) is 6.79. The highest BCUT2D eigenvalue weighted by molar-refractivity contribution is 7.89. The third-order valence-corrected chi connectivity index (χ3v) is 4.07. The minimum absolute atomic E-state index is 0.135. The van der Waals surface area contributed by atoms with Gasteiger partial charge in [0.1, 0.15) is 10.6 Å². The van der Waals surface area contributed by atoms with Crippen LogP contribution in [-0.2, 0) is 16.6 Å². The Labute approximate surface area is 108 Å². The molecule has 0 aliphatic heterocycles. The Hall–Kier alpha value is -1.13. The lowest BCUT2D eigenvalue weighted by molar-refractivity contribution is -0.137. The number of hydrogen-bond donors (Lipinski definition) is 3. The van der Waals surface area contributed by atoms with Gasteiger partial charge in [0.05, 0.1) is 18.7 Å². The number of rotatable bonds is 5. The molecular weight excluding hydrogens is 287 g/mol. The zero-order valence-corrected chi connectivity index (χ0v) is 11.1. The quantitative estimate of drug-likeness (QED) is 0.750. The van der Waals surface area contributed by atoms with E-state index < -0.39 is 35.3 Å². The van der Waals surface area contributed by atoms with Crippen LogP contribution in [0.3, 0.4) is 0 Å². The molecule has 0 spiro atoms. The smallest absolute Gasteiger partial charge is 0.390 e. The number of aromatic amines is 1. The molecule has 1 heterocycles. The Bertz CT molecular complexity index is 539. The molecule has 0 radical (unpaired) electrons. The van der Waals surface area contributed by atoms with Crippen LogP contribution in [-0.4, -0.2) is 35.9 Å². The fraction of sp³-hybridized carbons (Fsp3) is 0.667. The molecule has 10 heteroatoms. The average molecular weight is 301 g/mol. The number of nitrogens with zero attached hydrogens (tertiary/aromatic N) is 1. The van der Waals surface area contributed by atoms with Crippen molar-refractivity contribution in [1.29, 1.82) is 0 Å². The van der Waals surface area contributed by atoms with Crippen LogP contribution in [0.5, 0.6) is 0 Å². The van der Waals surface area contributed by atoms with Gasteiger partial charge in [-0.3, -0.25) is 5.10 Å². The van der Waals surface area contributed by atoms with E-state index in [4.69, 9.17) is 5.11 Å². The molecule has 3 N–H and O–H groups in total. The minimum Gasteiger partial charge on any atom is -0.390 e. The van der Waals surface area contributed by atoms with Crippen molar-refractivity contribution in [2.24, 2.45) is 0 Å². The summed E-state index contributed by atoms with van der Waals surface area (Å²) in [5, 5.41) is 14.9. The summed E-state index contributed by atoms with van der Waals surface area (Å²) in [6.45, 7) is 1.88. The molecule has 0 aliphatic rings. The van der Waals surface area contributed by atoms with Gasteiger partial charge in [-0.15, -0.1) is 0 Å². The first-order chi connectivity index (χ1) is 8.57. The molecule has 1 aromatic heterocycles. The maximum atomic E-state index is 12.2. The van der Waals surface area contributed by atoms with E-state index in [0.29, 0.717) is 0 Å². The number of sulfonamides is 1. The average Bonchev–Trinajstić information content (AvgIpc) is 2.55. The molecule has 6 nitrogen and oxygen atoms in total. The number of aliphatic hydroxyl groups is 1. The van der Waals surface area contributed by atoms with Crippen LogP contribution >= 0.6 is 0 Å². The van der Waals surface area contributed by atoms with E-state index in [1.165, 1.54) is 6.92 Å². The second-order valence-corrected chi connectivity index (χ2v) is 5.78. The van der Waals surface area contributed by atoms with Crippen molar-refractivity contribution in [2.45, 2.75) is 44.0 Å². The molecular formula is C9H14F3N3O3S. The largest absolute Gasteiger partial charge is 0.390 e. The zero-order valence-electron chi connectivity index (χ0n) is 10.2. The molecule has 0 saturated heterocycles. The Morgan fingerprint density at radius 3 is 2.53 bits per heavy atom. The number of H-pyrrole nitrogens is 1. The molecule has 0 fully saturated rings. The van der Waals surface area contributed by atoms with Crippen molar-refractivity contribution in [2.75, 3.05) is 0 Å². The van der Waals surface area contributed by atoms with Crippen LogP contribution in [0.2, 0.25) is 0 Å². The van der Waals surface area contributed by atoms with E-state index in [1.807, 2.05) is 4.72 Å². The third-order valence-electron chi connectivity index (χ3n) is 2.27. The number of aryl methyl sites for hydroxylation is 1. The van der Waals surface area contributed by atoms with Crippen LogP contribution in [0.4, 0.5) is 13.2 Å². The third kappa shape index (κ3) is 4.18. The maximum absolute atomic E-state index is 12.2. The topological polar surface area (TPSA) is 95.1 Å². The number of hydrogen-bond acceptors (Lipinski definition) is 4. The lowest BCUT2D eigenvalue weighted by Gasteiger charge is -2.16. The molecule has 1 rings (SSSR count). The van der Waals surface area contributed by atoms with Gasteiger partial charge < -0.3 is 5.11 Å². The number of halogens is 3. The second kappa shape index (κ2) is 5.47. The molecule has 0 bridgehead atoms. The summed E-state index contributed by atoms with van der Waals surface area (Å²) in [6, 6.07) is -1.31. The Morgan fingerprint density at radius 2 is 2.05 bits per heavy atom. The summed E-state index contributed by atoms with van der Waals surface area (Å²) in [6.07, 6.45) is -5.75. The number of aromatic nitrogens is 2. The Kier molecular flexibility index (Phi) is 4.59. The highest BCUT2D eigenvalue weighted by Gasteiger charge is 2.33. The van der Waals surface area contributed by atoms with Gasteiger partial charge >= 0.3 is 6.18 Å². The second-order valence-electron chi connectivity index (χ2n) is 4.12. The highest BCUT2D eigenvalue weighted by Crippen LogP contribution is 2.23. The van der Waals surface area contributed by atoms with Crippen molar-refractivity contribution in [3.63, 3.8) is 0 Å². The van der Waals surface area contributed by atoms with Crippen LogP contribution in [0.15, 0.2) is 4.90 Å². The van der Waals surface area contributed by atoms with Crippen LogP contribution in [0.1, 0.15) is 24.7 Å². The molecule has 0 aromatic carbocycles. The van der Waals surface area contributed by atoms with Crippen molar-refractivity contribution in [3.8, 4) is 0 Å².